The summed E-state index contributed by atoms with van der Waals surface area (Å²) < 4.78 is 0. The molecule has 0 radical (unpaired) electrons. The monoisotopic (exact) mass is 114 g/mol. The second-order valence-electron chi connectivity index (χ2n) is 1.94. The first kappa shape index (κ1) is 5.65. The fourth-order valence-corrected chi connectivity index (χ4v) is 0.628. The van der Waals surface area contributed by atoms with Gasteiger partial charge in [0.15, 0.2) is 0 Å². The predicted molar refractivity (Wildman–Crippen MR) is 30.0 cm³/mol. The average molecular weight is 114 g/mol. The van der Waals surface area contributed by atoms with E-state index in [0.29, 0.717) is 0 Å². The quantitative estimate of drug-likeness (QED) is 0.457. The lowest BCUT2D eigenvalue weighted by molar-refractivity contribution is 0.449. The molecule has 0 aromatic rings. The number of hydrogen-bond donors (Lipinski definition) is 2. The molecule has 0 bridgehead atoms. The zero-order chi connectivity index (χ0) is 5.98. The molecule has 0 saturated heterocycles. The molecule has 1 heterocycles. The molecule has 4 nitrogen and oxygen atoms in total. The molecule has 0 saturated carbocycles. The predicted octanol–water partition coefficient (Wildman–Crippen LogP) is -0.198. The van der Waals surface area contributed by atoms with Gasteiger partial charge in [0.1, 0.15) is 12.3 Å². The first-order valence-electron chi connectivity index (χ1n) is 2.70. The Morgan fingerprint density at radius 2 is 1.38 bits per heavy atom. The Balaban J connectivity index is 2.42. The average Bonchev–Trinajstić information content (AvgIpc) is 1.77. The van der Waals surface area contributed by atoms with Gasteiger partial charge in [-0.05, 0) is 12.8 Å². The summed E-state index contributed by atoms with van der Waals surface area (Å²) >= 11 is 0. The zero-order valence-corrected chi connectivity index (χ0v) is 4.62. The van der Waals surface area contributed by atoms with Crippen molar-refractivity contribution in [1.29, 1.82) is 0 Å². The Morgan fingerprint density at radius 1 is 1.00 bits per heavy atom. The molecule has 8 heavy (non-hydrogen) atoms. The molecule has 0 aliphatic carbocycles. The van der Waals surface area contributed by atoms with Crippen molar-refractivity contribution in [3.05, 3.63) is 0 Å². The summed E-state index contributed by atoms with van der Waals surface area (Å²) in [7, 11) is 0. The van der Waals surface area contributed by atoms with Gasteiger partial charge < -0.3 is 11.5 Å². The summed E-state index contributed by atoms with van der Waals surface area (Å²) in [6.07, 6.45) is 1.53. The van der Waals surface area contributed by atoms with Gasteiger partial charge in [0, 0.05) is 0 Å². The van der Waals surface area contributed by atoms with Crippen LogP contribution in [0.5, 0.6) is 0 Å². The lowest BCUT2D eigenvalue weighted by Gasteiger charge is -2.13. The molecule has 1 aliphatic heterocycles. The van der Waals surface area contributed by atoms with Gasteiger partial charge in [0.2, 0.25) is 0 Å². The maximum atomic E-state index is 5.38. The van der Waals surface area contributed by atoms with E-state index in [-0.39, 0.29) is 12.3 Å². The number of nitrogens with zero attached hydrogens (tertiary/aromatic N) is 2. The maximum Gasteiger partial charge on any atom is 0.118 e. The van der Waals surface area contributed by atoms with E-state index in [2.05, 4.69) is 10.2 Å². The molecule has 0 fully saturated rings. The van der Waals surface area contributed by atoms with Crippen LogP contribution in [0.15, 0.2) is 10.2 Å². The molecule has 0 aromatic heterocycles. The first-order chi connectivity index (χ1) is 3.79. The van der Waals surface area contributed by atoms with E-state index in [1.54, 1.807) is 0 Å². The summed E-state index contributed by atoms with van der Waals surface area (Å²) in [5.41, 5.74) is 10.8. The van der Waals surface area contributed by atoms with Crippen molar-refractivity contribution in [2.45, 2.75) is 25.2 Å². The Morgan fingerprint density at radius 3 is 1.62 bits per heavy atom. The van der Waals surface area contributed by atoms with E-state index < -0.39 is 0 Å². The molecule has 0 spiro atoms. The highest BCUT2D eigenvalue weighted by atomic mass is 15.2. The molecule has 4 heteroatoms. The molecule has 0 amide bonds. The van der Waals surface area contributed by atoms with Crippen LogP contribution in [-0.4, -0.2) is 12.3 Å². The van der Waals surface area contributed by atoms with Crippen LogP contribution >= 0.6 is 0 Å². The van der Waals surface area contributed by atoms with E-state index in [1.807, 2.05) is 0 Å². The lowest BCUT2D eigenvalue weighted by Crippen LogP contribution is -2.27. The van der Waals surface area contributed by atoms with E-state index >= 15 is 0 Å². The van der Waals surface area contributed by atoms with Crippen molar-refractivity contribution in [2.75, 3.05) is 0 Å². The van der Waals surface area contributed by atoms with E-state index in [4.69, 9.17) is 11.5 Å². The van der Waals surface area contributed by atoms with Gasteiger partial charge in [-0.1, -0.05) is 0 Å². The maximum absolute atomic E-state index is 5.38. The normalized spacial score (nSPS) is 37.8. The van der Waals surface area contributed by atoms with Gasteiger partial charge in [-0.25, -0.2) is 0 Å². The highest BCUT2D eigenvalue weighted by Crippen LogP contribution is 2.07. The van der Waals surface area contributed by atoms with E-state index in [1.165, 1.54) is 0 Å². The van der Waals surface area contributed by atoms with Crippen molar-refractivity contribution in [3.8, 4) is 0 Å². The van der Waals surface area contributed by atoms with Gasteiger partial charge in [-0.3, -0.25) is 0 Å². The summed E-state index contributed by atoms with van der Waals surface area (Å²) in [5.74, 6) is 0. The molecule has 2 unspecified atom stereocenters. The van der Waals surface area contributed by atoms with Gasteiger partial charge in [-0.2, -0.15) is 10.2 Å². The van der Waals surface area contributed by atoms with Crippen LogP contribution in [0.1, 0.15) is 12.8 Å². The Kier molecular flexibility index (Phi) is 1.55. The van der Waals surface area contributed by atoms with Gasteiger partial charge in [-0.15, -0.1) is 0 Å². The van der Waals surface area contributed by atoms with Gasteiger partial charge >= 0.3 is 0 Å². The SMILES string of the molecule is NC1CCC(N)N=N1. The third kappa shape index (κ3) is 1.24. The Hall–Kier alpha value is -0.480. The minimum absolute atomic E-state index is 0.102. The molecule has 1 aliphatic rings. The molecule has 2 atom stereocenters. The van der Waals surface area contributed by atoms with E-state index in [9.17, 15) is 0 Å². The minimum Gasteiger partial charge on any atom is -0.308 e. The van der Waals surface area contributed by atoms with E-state index in [0.717, 1.165) is 12.8 Å². The van der Waals surface area contributed by atoms with Crippen molar-refractivity contribution in [1.82, 2.24) is 0 Å². The van der Waals surface area contributed by atoms with Crippen LogP contribution in [0.3, 0.4) is 0 Å². The summed E-state index contributed by atoms with van der Waals surface area (Å²) in [6, 6.07) is 0. The molecule has 4 N–H and O–H groups in total. The molecule has 46 valence electrons. The second-order valence-corrected chi connectivity index (χ2v) is 1.94. The molecule has 1 rings (SSSR count). The van der Waals surface area contributed by atoms with Crippen LogP contribution < -0.4 is 11.5 Å². The van der Waals surface area contributed by atoms with Crippen molar-refractivity contribution < 1.29 is 0 Å². The number of nitrogens with two attached hydrogens (primary N) is 2. The number of hydrogen-bond acceptors (Lipinski definition) is 4. The number of azo groups is 1. The highest BCUT2D eigenvalue weighted by molar-refractivity contribution is 4.67. The van der Waals surface area contributed by atoms with Gasteiger partial charge in [0.25, 0.3) is 0 Å². The minimum atomic E-state index is -0.102. The fraction of sp³-hybridized carbons (Fsp3) is 1.00. The van der Waals surface area contributed by atoms with Crippen LogP contribution in [0, 0.1) is 0 Å². The van der Waals surface area contributed by atoms with Gasteiger partial charge in [0.05, 0.1) is 0 Å². The van der Waals surface area contributed by atoms with Crippen molar-refractivity contribution >= 4 is 0 Å². The third-order valence-electron chi connectivity index (χ3n) is 1.12. The van der Waals surface area contributed by atoms with Crippen LogP contribution in [0.2, 0.25) is 0 Å². The van der Waals surface area contributed by atoms with Crippen LogP contribution in [0.25, 0.3) is 0 Å². The van der Waals surface area contributed by atoms with Crippen molar-refractivity contribution in [3.63, 3.8) is 0 Å². The Labute approximate surface area is 48.0 Å². The summed E-state index contributed by atoms with van der Waals surface area (Å²) in [6.45, 7) is 0. The summed E-state index contributed by atoms with van der Waals surface area (Å²) in [4.78, 5) is 0. The fourth-order valence-electron chi connectivity index (χ4n) is 0.628. The molecular formula is C4H10N4. The third-order valence-corrected chi connectivity index (χ3v) is 1.12. The summed E-state index contributed by atoms with van der Waals surface area (Å²) in [5, 5.41) is 7.38. The topological polar surface area (TPSA) is 76.8 Å². The van der Waals surface area contributed by atoms with Crippen LogP contribution in [0.4, 0.5) is 0 Å². The smallest absolute Gasteiger partial charge is 0.118 e. The standard InChI is InChI=1S/C4H10N4/c5-3-1-2-4(6)8-7-3/h3-4H,1-2,5-6H2. The molecule has 0 aromatic carbocycles. The van der Waals surface area contributed by atoms with Crippen molar-refractivity contribution in [2.24, 2.45) is 21.7 Å². The largest absolute Gasteiger partial charge is 0.308 e. The number of rotatable bonds is 0. The molecular weight excluding hydrogens is 104 g/mol. The highest BCUT2D eigenvalue weighted by Gasteiger charge is 2.09. The first-order valence-corrected chi connectivity index (χ1v) is 2.70. The Bertz CT molecular complexity index is 88.2. The van der Waals surface area contributed by atoms with Crippen LogP contribution in [-0.2, 0) is 0 Å². The second kappa shape index (κ2) is 2.19. The zero-order valence-electron chi connectivity index (χ0n) is 4.62. The lowest BCUT2D eigenvalue weighted by atomic mass is 10.2.